The zero-order valence-electron chi connectivity index (χ0n) is 17.0. The summed E-state index contributed by atoms with van der Waals surface area (Å²) in [7, 11) is 0. The number of rotatable bonds is 8. The third-order valence-corrected chi connectivity index (χ3v) is 5.83. The highest BCUT2D eigenvalue weighted by Gasteiger charge is 2.29. The molecule has 0 saturated heterocycles. The van der Waals surface area contributed by atoms with Gasteiger partial charge in [0.25, 0.3) is 5.91 Å². The van der Waals surface area contributed by atoms with Gasteiger partial charge in [-0.1, -0.05) is 24.3 Å². The highest BCUT2D eigenvalue weighted by atomic mass is 32.1. The maximum atomic E-state index is 12.7. The number of hydrogen-bond donors (Lipinski definition) is 2. The van der Waals surface area contributed by atoms with E-state index in [1.54, 1.807) is 36.4 Å². The number of alkyl halides is 3. The van der Waals surface area contributed by atoms with Gasteiger partial charge < -0.3 is 15.2 Å². The molecule has 0 fully saturated rings. The molecule has 0 spiro atoms. The topological polar surface area (TPSA) is 75.6 Å². The summed E-state index contributed by atoms with van der Waals surface area (Å²) in [6, 6.07) is 15.4. The number of aliphatic carboxylic acids is 1. The molecule has 0 saturated carbocycles. The van der Waals surface area contributed by atoms with E-state index in [2.05, 4.69) is 5.32 Å². The standard InChI is InChI=1S/C23H20F3NO4S/c1-14(19-10-11-20(32-19)22(30)27-13-12-21(28)29)31-18-8-4-16(5-9-18)15-2-6-17(7-3-15)23(24,25)26/h2-11,14H,12-13H2,1H3,(H,27,30)(H,28,29)/t14-/m1/s1. The van der Waals surface area contributed by atoms with Crippen molar-refractivity contribution in [3.05, 3.63) is 76.0 Å². The van der Waals surface area contributed by atoms with Gasteiger partial charge >= 0.3 is 12.1 Å². The van der Waals surface area contributed by atoms with Crippen LogP contribution in [-0.2, 0) is 11.0 Å². The van der Waals surface area contributed by atoms with E-state index in [0.29, 0.717) is 16.2 Å². The second kappa shape index (κ2) is 9.86. The number of carboxylic acid groups (broad SMARTS) is 1. The molecular weight excluding hydrogens is 443 g/mol. The molecule has 0 unspecified atom stereocenters. The number of nitrogens with one attached hydrogen (secondary N) is 1. The van der Waals surface area contributed by atoms with Gasteiger partial charge in [-0.25, -0.2) is 0 Å². The summed E-state index contributed by atoms with van der Waals surface area (Å²) in [5, 5.41) is 11.2. The van der Waals surface area contributed by atoms with E-state index >= 15 is 0 Å². The normalized spacial score (nSPS) is 12.2. The number of halogens is 3. The molecule has 0 aliphatic carbocycles. The fourth-order valence-electron chi connectivity index (χ4n) is 2.90. The third-order valence-electron chi connectivity index (χ3n) is 4.59. The number of thiophene rings is 1. The van der Waals surface area contributed by atoms with E-state index in [1.807, 2.05) is 6.92 Å². The lowest BCUT2D eigenvalue weighted by Gasteiger charge is -2.14. The van der Waals surface area contributed by atoms with Crippen LogP contribution in [0.3, 0.4) is 0 Å². The predicted molar refractivity (Wildman–Crippen MR) is 115 cm³/mol. The largest absolute Gasteiger partial charge is 0.485 e. The highest BCUT2D eigenvalue weighted by Crippen LogP contribution is 2.32. The Morgan fingerprint density at radius 3 is 2.16 bits per heavy atom. The number of carbonyl (C=O) groups excluding carboxylic acids is 1. The van der Waals surface area contributed by atoms with E-state index in [4.69, 9.17) is 9.84 Å². The highest BCUT2D eigenvalue weighted by molar-refractivity contribution is 7.14. The van der Waals surface area contributed by atoms with Gasteiger partial charge in [-0.05, 0) is 54.4 Å². The molecule has 3 aromatic rings. The van der Waals surface area contributed by atoms with Gasteiger partial charge in [0.15, 0.2) is 0 Å². The Hall–Kier alpha value is -3.33. The average Bonchev–Trinajstić information content (AvgIpc) is 3.24. The molecule has 1 aromatic heterocycles. The first-order valence-electron chi connectivity index (χ1n) is 9.67. The van der Waals surface area contributed by atoms with Crippen LogP contribution in [0.15, 0.2) is 60.7 Å². The van der Waals surface area contributed by atoms with E-state index in [0.717, 1.165) is 22.6 Å². The van der Waals surface area contributed by atoms with Crippen molar-refractivity contribution in [1.82, 2.24) is 5.32 Å². The predicted octanol–water partition coefficient (Wildman–Crippen LogP) is 5.78. The molecule has 2 N–H and O–H groups in total. The van der Waals surface area contributed by atoms with Gasteiger partial charge in [-0.2, -0.15) is 13.2 Å². The zero-order valence-corrected chi connectivity index (χ0v) is 17.8. The lowest BCUT2D eigenvalue weighted by Crippen LogP contribution is -2.25. The van der Waals surface area contributed by atoms with E-state index in [1.165, 1.54) is 23.5 Å². The zero-order chi connectivity index (χ0) is 23.3. The Morgan fingerprint density at radius 2 is 1.59 bits per heavy atom. The quantitative estimate of drug-likeness (QED) is 0.444. The minimum atomic E-state index is -4.37. The average molecular weight is 463 g/mol. The summed E-state index contributed by atoms with van der Waals surface area (Å²) < 4.78 is 44.0. The van der Waals surface area contributed by atoms with Crippen molar-refractivity contribution in [1.29, 1.82) is 0 Å². The van der Waals surface area contributed by atoms with Gasteiger partial charge in [-0.3, -0.25) is 9.59 Å². The summed E-state index contributed by atoms with van der Waals surface area (Å²) in [6.07, 6.45) is -4.85. The third kappa shape index (κ3) is 6.10. The van der Waals surface area contributed by atoms with Crippen LogP contribution in [0, 0.1) is 0 Å². The monoisotopic (exact) mass is 463 g/mol. The molecule has 0 radical (unpaired) electrons. The second-order valence-corrected chi connectivity index (χ2v) is 8.08. The minimum absolute atomic E-state index is 0.0543. The lowest BCUT2D eigenvalue weighted by molar-refractivity contribution is -0.138. The van der Waals surface area contributed by atoms with Crippen LogP contribution in [0.4, 0.5) is 13.2 Å². The van der Waals surface area contributed by atoms with E-state index in [-0.39, 0.29) is 25.0 Å². The van der Waals surface area contributed by atoms with E-state index in [9.17, 15) is 22.8 Å². The smallest absolute Gasteiger partial charge is 0.416 e. The van der Waals surface area contributed by atoms with Crippen LogP contribution >= 0.6 is 11.3 Å². The Morgan fingerprint density at radius 1 is 1.00 bits per heavy atom. The summed E-state index contributed by atoms with van der Waals surface area (Å²) in [5.74, 6) is -0.742. The first-order chi connectivity index (χ1) is 15.1. The van der Waals surface area contributed by atoms with Crippen LogP contribution in [-0.4, -0.2) is 23.5 Å². The molecule has 5 nitrogen and oxygen atoms in total. The summed E-state index contributed by atoms with van der Waals surface area (Å²) in [5.41, 5.74) is 0.727. The fraction of sp³-hybridized carbons (Fsp3) is 0.217. The molecule has 168 valence electrons. The second-order valence-electron chi connectivity index (χ2n) is 6.96. The van der Waals surface area contributed by atoms with Crippen molar-refractivity contribution in [2.24, 2.45) is 0 Å². The van der Waals surface area contributed by atoms with Crippen molar-refractivity contribution in [2.45, 2.75) is 25.6 Å². The van der Waals surface area contributed by atoms with Crippen molar-refractivity contribution in [3.8, 4) is 16.9 Å². The molecule has 0 bridgehead atoms. The van der Waals surface area contributed by atoms with Crippen LogP contribution in [0.25, 0.3) is 11.1 Å². The lowest BCUT2D eigenvalue weighted by atomic mass is 10.0. The Bertz CT molecular complexity index is 1080. The van der Waals surface area contributed by atoms with Gasteiger partial charge in [0.2, 0.25) is 0 Å². The number of amides is 1. The Labute approximate surface area is 186 Å². The van der Waals surface area contributed by atoms with Gasteiger partial charge in [0.05, 0.1) is 16.9 Å². The fourth-order valence-corrected chi connectivity index (χ4v) is 3.81. The Kier molecular flexibility index (Phi) is 7.19. The molecule has 1 atom stereocenters. The van der Waals surface area contributed by atoms with E-state index < -0.39 is 17.7 Å². The summed E-state index contributed by atoms with van der Waals surface area (Å²) >= 11 is 1.25. The molecule has 2 aromatic carbocycles. The molecule has 0 aliphatic heterocycles. The molecule has 9 heteroatoms. The maximum Gasteiger partial charge on any atom is 0.416 e. The Balaban J connectivity index is 1.60. The molecular formula is C23H20F3NO4S. The van der Waals surface area contributed by atoms with Crippen molar-refractivity contribution in [2.75, 3.05) is 6.54 Å². The van der Waals surface area contributed by atoms with Gasteiger partial charge in [-0.15, -0.1) is 11.3 Å². The maximum absolute atomic E-state index is 12.7. The van der Waals surface area contributed by atoms with Crippen molar-refractivity contribution < 1.29 is 32.6 Å². The first-order valence-corrected chi connectivity index (χ1v) is 10.5. The minimum Gasteiger partial charge on any atom is -0.485 e. The summed E-state index contributed by atoms with van der Waals surface area (Å²) in [6.45, 7) is 1.89. The molecule has 0 aliphatic rings. The number of carbonyl (C=O) groups is 2. The van der Waals surface area contributed by atoms with Crippen molar-refractivity contribution in [3.63, 3.8) is 0 Å². The van der Waals surface area contributed by atoms with Gasteiger partial charge in [0.1, 0.15) is 11.9 Å². The van der Waals surface area contributed by atoms with Gasteiger partial charge in [0, 0.05) is 11.4 Å². The van der Waals surface area contributed by atoms with Crippen LogP contribution in [0.5, 0.6) is 5.75 Å². The number of ether oxygens (including phenoxy) is 1. The van der Waals surface area contributed by atoms with Crippen molar-refractivity contribution >= 4 is 23.2 Å². The number of benzene rings is 2. The first kappa shape index (κ1) is 23.3. The van der Waals surface area contributed by atoms with Crippen LogP contribution in [0.1, 0.15) is 39.6 Å². The molecule has 3 rings (SSSR count). The molecule has 1 heterocycles. The van der Waals surface area contributed by atoms with Crippen LogP contribution < -0.4 is 10.1 Å². The van der Waals surface area contributed by atoms with Crippen LogP contribution in [0.2, 0.25) is 0 Å². The number of hydrogen-bond acceptors (Lipinski definition) is 4. The molecule has 32 heavy (non-hydrogen) atoms. The summed E-state index contributed by atoms with van der Waals surface area (Å²) in [4.78, 5) is 23.9. The number of carboxylic acids is 1. The SMILES string of the molecule is C[C@@H](Oc1ccc(-c2ccc(C(F)(F)F)cc2)cc1)c1ccc(C(=O)NCCC(=O)O)s1. The molecule has 1 amide bonds.